The molecule has 1 amide bonds. The molecule has 1 saturated carbocycles. The Labute approximate surface area is 87.7 Å². The molecule has 2 aliphatic rings. The van der Waals surface area contributed by atoms with Crippen molar-refractivity contribution < 1.29 is 19.8 Å². The summed E-state index contributed by atoms with van der Waals surface area (Å²) in [7, 11) is 0. The molecular formula is C10H15NO4. The first-order valence-corrected chi connectivity index (χ1v) is 5.22. The number of carbonyl (C=O) groups excluding carboxylic acids is 1. The van der Waals surface area contributed by atoms with Gasteiger partial charge in [-0.05, 0) is 12.3 Å². The van der Waals surface area contributed by atoms with Crippen LogP contribution in [0.5, 0.6) is 0 Å². The second kappa shape index (κ2) is 3.48. The van der Waals surface area contributed by atoms with Gasteiger partial charge in [-0.15, -0.1) is 0 Å². The van der Waals surface area contributed by atoms with Gasteiger partial charge in [0.1, 0.15) is 6.04 Å². The van der Waals surface area contributed by atoms with Gasteiger partial charge in [0.2, 0.25) is 5.91 Å². The van der Waals surface area contributed by atoms with E-state index in [0.717, 1.165) is 6.42 Å². The number of carboxylic acid groups (broad SMARTS) is 1. The molecule has 1 heterocycles. The van der Waals surface area contributed by atoms with E-state index in [1.54, 1.807) is 0 Å². The van der Waals surface area contributed by atoms with Crippen molar-refractivity contribution in [2.24, 2.45) is 11.8 Å². The van der Waals surface area contributed by atoms with Gasteiger partial charge in [-0.2, -0.15) is 0 Å². The Balaban J connectivity index is 2.06. The lowest BCUT2D eigenvalue weighted by Crippen LogP contribution is -2.41. The number of β-amino-alcohol motifs (C(OH)–C–C–N with tert-alkyl or cyclic N) is 1. The van der Waals surface area contributed by atoms with Crippen molar-refractivity contribution in [2.75, 3.05) is 6.54 Å². The molecule has 2 unspecified atom stereocenters. The van der Waals surface area contributed by atoms with Crippen LogP contribution in [0.4, 0.5) is 0 Å². The first-order valence-electron chi connectivity index (χ1n) is 5.22. The van der Waals surface area contributed by atoms with Gasteiger partial charge >= 0.3 is 5.97 Å². The van der Waals surface area contributed by atoms with E-state index < -0.39 is 18.1 Å². The van der Waals surface area contributed by atoms with Crippen LogP contribution in [0.3, 0.4) is 0 Å². The Morgan fingerprint density at radius 1 is 1.33 bits per heavy atom. The lowest BCUT2D eigenvalue weighted by Gasteiger charge is -2.21. The minimum absolute atomic E-state index is 0.0165. The first-order chi connectivity index (χ1) is 7.00. The minimum atomic E-state index is -1.02. The van der Waals surface area contributed by atoms with Gasteiger partial charge in [0.15, 0.2) is 0 Å². The summed E-state index contributed by atoms with van der Waals surface area (Å²) in [6, 6.07) is -0.833. The predicted molar refractivity (Wildman–Crippen MR) is 51.0 cm³/mol. The average molecular weight is 213 g/mol. The van der Waals surface area contributed by atoms with Gasteiger partial charge in [-0.25, -0.2) is 4.79 Å². The van der Waals surface area contributed by atoms with E-state index in [4.69, 9.17) is 5.11 Å². The molecule has 1 aliphatic carbocycles. The lowest BCUT2D eigenvalue weighted by molar-refractivity contribution is -0.148. The quantitative estimate of drug-likeness (QED) is 0.659. The smallest absolute Gasteiger partial charge is 0.326 e. The molecule has 2 rings (SSSR count). The van der Waals surface area contributed by atoms with E-state index in [1.165, 1.54) is 4.90 Å². The number of aliphatic carboxylic acids is 1. The molecule has 0 aromatic rings. The van der Waals surface area contributed by atoms with E-state index in [9.17, 15) is 14.7 Å². The molecule has 2 N–H and O–H groups in total. The highest BCUT2D eigenvalue weighted by atomic mass is 16.4. The lowest BCUT2D eigenvalue weighted by atomic mass is 10.2. The summed E-state index contributed by atoms with van der Waals surface area (Å²) >= 11 is 0. The second-order valence-corrected chi connectivity index (χ2v) is 4.55. The monoisotopic (exact) mass is 213 g/mol. The average Bonchev–Trinajstić information content (AvgIpc) is 2.73. The molecular weight excluding hydrogens is 198 g/mol. The van der Waals surface area contributed by atoms with Crippen molar-refractivity contribution in [1.82, 2.24) is 4.90 Å². The summed E-state index contributed by atoms with van der Waals surface area (Å²) in [6.07, 6.45) is 0.309. The summed E-state index contributed by atoms with van der Waals surface area (Å²) in [5.41, 5.74) is 0. The molecule has 0 aromatic carbocycles. The molecule has 4 atom stereocenters. The molecule has 0 bridgehead atoms. The van der Waals surface area contributed by atoms with Crippen molar-refractivity contribution >= 4 is 11.9 Å². The Hall–Kier alpha value is -1.10. The van der Waals surface area contributed by atoms with Crippen LogP contribution in [-0.2, 0) is 9.59 Å². The van der Waals surface area contributed by atoms with Crippen LogP contribution < -0.4 is 0 Å². The molecule has 5 heteroatoms. The minimum Gasteiger partial charge on any atom is -0.480 e. The van der Waals surface area contributed by atoms with Crippen LogP contribution in [0.15, 0.2) is 0 Å². The van der Waals surface area contributed by atoms with Crippen LogP contribution in [0, 0.1) is 11.8 Å². The van der Waals surface area contributed by atoms with Gasteiger partial charge in [0, 0.05) is 18.9 Å². The molecule has 1 aliphatic heterocycles. The molecule has 2 fully saturated rings. The maximum atomic E-state index is 11.8. The largest absolute Gasteiger partial charge is 0.480 e. The maximum Gasteiger partial charge on any atom is 0.326 e. The molecule has 15 heavy (non-hydrogen) atoms. The normalized spacial score (nSPS) is 39.2. The fourth-order valence-corrected chi connectivity index (χ4v) is 2.17. The van der Waals surface area contributed by atoms with E-state index in [0.29, 0.717) is 5.92 Å². The van der Waals surface area contributed by atoms with Crippen molar-refractivity contribution in [2.45, 2.75) is 31.9 Å². The van der Waals surface area contributed by atoms with Crippen LogP contribution in [0.2, 0.25) is 0 Å². The van der Waals surface area contributed by atoms with Crippen molar-refractivity contribution in [3.05, 3.63) is 0 Å². The zero-order valence-electron chi connectivity index (χ0n) is 8.59. The van der Waals surface area contributed by atoms with Crippen LogP contribution >= 0.6 is 0 Å². The number of carbonyl (C=O) groups is 2. The Morgan fingerprint density at radius 3 is 2.40 bits per heavy atom. The Morgan fingerprint density at radius 2 is 1.93 bits per heavy atom. The molecule has 0 radical (unpaired) electrons. The van der Waals surface area contributed by atoms with Crippen LogP contribution in [-0.4, -0.2) is 45.7 Å². The van der Waals surface area contributed by atoms with Crippen molar-refractivity contribution in [3.8, 4) is 0 Å². The fraction of sp³-hybridized carbons (Fsp3) is 0.800. The SMILES string of the molecule is CC1CC1C(=O)N1C[C@H](O)C[C@H]1C(=O)O. The van der Waals surface area contributed by atoms with Gasteiger partial charge in [0.25, 0.3) is 0 Å². The fourth-order valence-electron chi connectivity index (χ4n) is 2.17. The van der Waals surface area contributed by atoms with E-state index in [-0.39, 0.29) is 24.8 Å². The van der Waals surface area contributed by atoms with E-state index in [1.807, 2.05) is 6.92 Å². The number of aliphatic hydroxyl groups is 1. The molecule has 84 valence electrons. The van der Waals surface area contributed by atoms with Crippen molar-refractivity contribution in [1.29, 1.82) is 0 Å². The summed E-state index contributed by atoms with van der Waals surface area (Å²) < 4.78 is 0. The standard InChI is InChI=1S/C10H15NO4/c1-5-2-7(5)9(13)11-4-6(12)3-8(11)10(14)15/h5-8,12H,2-4H2,1H3,(H,14,15)/t5?,6-,7?,8+/m1/s1. The van der Waals surface area contributed by atoms with E-state index >= 15 is 0 Å². The number of hydrogen-bond donors (Lipinski definition) is 2. The zero-order chi connectivity index (χ0) is 11.2. The van der Waals surface area contributed by atoms with Gasteiger partial charge in [-0.3, -0.25) is 4.79 Å². The molecule has 5 nitrogen and oxygen atoms in total. The molecule has 0 aromatic heterocycles. The van der Waals surface area contributed by atoms with Crippen LogP contribution in [0.1, 0.15) is 19.8 Å². The number of hydrogen-bond acceptors (Lipinski definition) is 3. The number of aliphatic hydroxyl groups excluding tert-OH is 1. The summed E-state index contributed by atoms with van der Waals surface area (Å²) in [6.45, 7) is 2.14. The third-order valence-corrected chi connectivity index (χ3v) is 3.27. The number of carboxylic acids is 1. The molecule has 0 spiro atoms. The maximum absolute atomic E-state index is 11.8. The third-order valence-electron chi connectivity index (χ3n) is 3.27. The number of amides is 1. The summed E-state index contributed by atoms with van der Waals surface area (Å²) in [5, 5.41) is 18.3. The Kier molecular flexibility index (Phi) is 2.42. The highest BCUT2D eigenvalue weighted by Gasteiger charge is 2.47. The first kappa shape index (κ1) is 10.4. The number of rotatable bonds is 2. The summed E-state index contributed by atoms with van der Waals surface area (Å²) in [4.78, 5) is 24.0. The van der Waals surface area contributed by atoms with Crippen LogP contribution in [0.25, 0.3) is 0 Å². The highest BCUT2D eigenvalue weighted by molar-refractivity contribution is 5.87. The summed E-state index contributed by atoms with van der Waals surface area (Å²) in [5.74, 6) is -0.776. The second-order valence-electron chi connectivity index (χ2n) is 4.55. The van der Waals surface area contributed by atoms with Gasteiger partial charge in [0.05, 0.1) is 6.10 Å². The number of nitrogens with zero attached hydrogens (tertiary/aromatic N) is 1. The van der Waals surface area contributed by atoms with Crippen molar-refractivity contribution in [3.63, 3.8) is 0 Å². The molecule has 1 saturated heterocycles. The zero-order valence-corrected chi connectivity index (χ0v) is 8.59. The van der Waals surface area contributed by atoms with Gasteiger partial charge in [-0.1, -0.05) is 6.92 Å². The predicted octanol–water partition coefficient (Wildman–Crippen LogP) is -0.311. The third kappa shape index (κ3) is 1.84. The highest BCUT2D eigenvalue weighted by Crippen LogP contribution is 2.40. The number of likely N-dealkylation sites (tertiary alicyclic amines) is 1. The van der Waals surface area contributed by atoms with Gasteiger partial charge < -0.3 is 15.1 Å². The van der Waals surface area contributed by atoms with E-state index in [2.05, 4.69) is 0 Å². The Bertz CT molecular complexity index is 304. The topological polar surface area (TPSA) is 77.8 Å².